The Morgan fingerprint density at radius 3 is 1.47 bits per heavy atom. The summed E-state index contributed by atoms with van der Waals surface area (Å²) >= 11 is 0. The van der Waals surface area contributed by atoms with Gasteiger partial charge in [-0.15, -0.1) is 69.6 Å². The van der Waals surface area contributed by atoms with Gasteiger partial charge in [-0.3, -0.25) is 0 Å². The molecule has 0 aliphatic carbocycles. The van der Waals surface area contributed by atoms with Gasteiger partial charge in [0.25, 0.3) is 0 Å². The van der Waals surface area contributed by atoms with Crippen LogP contribution in [0.1, 0.15) is 16.7 Å². The van der Waals surface area contributed by atoms with E-state index in [0.29, 0.717) is 0 Å². The van der Waals surface area contributed by atoms with Crippen LogP contribution in [0.15, 0.2) is 164 Å². The van der Waals surface area contributed by atoms with Gasteiger partial charge in [0, 0.05) is 98.1 Å². The molecule has 0 saturated carbocycles. The van der Waals surface area contributed by atoms with Gasteiger partial charge in [0.1, 0.15) is 0 Å². The molecular formula is C52H39Y3-3. The molecule has 0 fully saturated rings. The summed E-state index contributed by atoms with van der Waals surface area (Å²) < 4.78 is 0. The monoisotopic (exact) mass is 930 g/mol. The molecule has 259 valence electrons. The van der Waals surface area contributed by atoms with E-state index in [1.807, 2.05) is 0 Å². The molecule has 3 radical (unpaired) electrons. The second-order valence-corrected chi connectivity index (χ2v) is 13.6. The first-order valence-corrected chi connectivity index (χ1v) is 17.7. The summed E-state index contributed by atoms with van der Waals surface area (Å²) in [7, 11) is 0. The van der Waals surface area contributed by atoms with Crippen LogP contribution in [0.3, 0.4) is 0 Å². The largest absolute Gasteiger partial charge is 0.358 e. The van der Waals surface area contributed by atoms with Crippen molar-refractivity contribution in [1.82, 2.24) is 0 Å². The Kier molecular flexibility index (Phi) is 14.6. The molecular weight excluding hydrogens is 891 g/mol. The van der Waals surface area contributed by atoms with Gasteiger partial charge < -0.3 is 7.43 Å². The first-order chi connectivity index (χ1) is 25.0. The van der Waals surface area contributed by atoms with Gasteiger partial charge in [0.2, 0.25) is 0 Å². The average molecular weight is 931 g/mol. The minimum Gasteiger partial charge on any atom is -0.358 e. The number of hydrogen-bond donors (Lipinski definition) is 0. The number of benzene rings is 11. The molecule has 0 aromatic heterocycles. The minimum absolute atomic E-state index is 0. The average Bonchev–Trinajstić information content (AvgIpc) is 3.18. The van der Waals surface area contributed by atoms with E-state index < -0.39 is 0 Å². The van der Waals surface area contributed by atoms with Gasteiger partial charge in [-0.05, 0) is 62.7 Å². The fourth-order valence-electron chi connectivity index (χ4n) is 7.96. The van der Waals surface area contributed by atoms with Crippen LogP contribution in [0.5, 0.6) is 0 Å². The maximum absolute atomic E-state index is 3.45. The van der Waals surface area contributed by atoms with E-state index in [1.54, 1.807) is 0 Å². The SMILES string of the molecule is Cc1c2ccccc2[c-]c2ccccc12.Cc1cc2c3ccccc3[c-]cc2c2ccccc12.Cc1ccc2ccc3cccc4ccc1c2c34.[CH3-].[Y].[Y].[Y]. The second kappa shape index (κ2) is 18.6. The van der Waals surface area contributed by atoms with Crippen molar-refractivity contribution in [2.45, 2.75) is 20.8 Å². The van der Waals surface area contributed by atoms with E-state index in [-0.39, 0.29) is 106 Å². The Morgan fingerprint density at radius 2 is 0.836 bits per heavy atom. The van der Waals surface area contributed by atoms with Crippen molar-refractivity contribution < 1.29 is 98.1 Å². The van der Waals surface area contributed by atoms with Gasteiger partial charge >= 0.3 is 0 Å². The number of fused-ring (bicyclic) bond motifs is 7. The zero-order valence-corrected chi connectivity index (χ0v) is 40.3. The molecule has 0 heterocycles. The fraction of sp³-hybridized carbons (Fsp3) is 0.0577. The molecule has 3 heteroatoms. The molecule has 0 spiro atoms. The summed E-state index contributed by atoms with van der Waals surface area (Å²) in [6, 6.07) is 65.1. The van der Waals surface area contributed by atoms with Crippen molar-refractivity contribution in [2.24, 2.45) is 0 Å². The normalized spacial score (nSPS) is 10.6. The zero-order valence-electron chi connectivity index (χ0n) is 31.8. The number of rotatable bonds is 0. The summed E-state index contributed by atoms with van der Waals surface area (Å²) in [4.78, 5) is 0. The Hall–Kier alpha value is -2.93. The van der Waals surface area contributed by atoms with E-state index in [9.17, 15) is 0 Å². The topological polar surface area (TPSA) is 0 Å². The Balaban J connectivity index is 0.000000154. The molecule has 11 aromatic rings. The first kappa shape index (κ1) is 43.2. The molecule has 0 bridgehead atoms. The Bertz CT molecular complexity index is 3000. The van der Waals surface area contributed by atoms with Crippen molar-refractivity contribution >= 4 is 86.2 Å². The summed E-state index contributed by atoms with van der Waals surface area (Å²) in [5.41, 5.74) is 4.04. The van der Waals surface area contributed by atoms with Gasteiger partial charge in [-0.25, -0.2) is 0 Å². The smallest absolute Gasteiger partial charge is 0 e. The van der Waals surface area contributed by atoms with Crippen molar-refractivity contribution in [3.8, 4) is 0 Å². The zero-order chi connectivity index (χ0) is 34.5. The fourth-order valence-corrected chi connectivity index (χ4v) is 7.96. The maximum atomic E-state index is 3.45. The van der Waals surface area contributed by atoms with Gasteiger partial charge in [-0.2, -0.15) is 0 Å². The second-order valence-electron chi connectivity index (χ2n) is 13.6. The van der Waals surface area contributed by atoms with Crippen LogP contribution in [0.2, 0.25) is 0 Å². The van der Waals surface area contributed by atoms with Crippen molar-refractivity contribution in [3.05, 3.63) is 200 Å². The van der Waals surface area contributed by atoms with E-state index in [0.717, 1.165) is 0 Å². The molecule has 0 saturated heterocycles. The van der Waals surface area contributed by atoms with Crippen LogP contribution < -0.4 is 0 Å². The molecule has 0 unspecified atom stereocenters. The van der Waals surface area contributed by atoms with Crippen LogP contribution in [-0.4, -0.2) is 0 Å². The predicted octanol–water partition coefficient (Wildman–Crippen LogP) is 14.7. The molecule has 0 aliphatic heterocycles. The molecule has 11 rings (SSSR count). The van der Waals surface area contributed by atoms with Gasteiger partial charge in [0.15, 0.2) is 0 Å². The molecule has 0 atom stereocenters. The Labute approximate surface area is 400 Å². The van der Waals surface area contributed by atoms with Crippen LogP contribution >= 0.6 is 0 Å². The number of aryl methyl sites for hydroxylation is 3. The standard InChI is InChI=1S/C19H13.C17H12.C15H11.CH3.3Y/c1-13-12-19-16-8-3-2-6-14(16)10-11-18(19)17-9-5-4-7-15(13)17;1-11-5-6-14-8-7-12-3-2-4-13-9-10-15(11)17(14)16(12)13;1-11-14-8-4-2-6-12(14)10-13-7-3-5-9-15(11)13;;;;/h2-9,11-12H,1H3;2-10H,1H3;2-9H,1H3;1H3;;;/q-1;;2*-1;;;. The first-order valence-electron chi connectivity index (χ1n) is 17.7. The summed E-state index contributed by atoms with van der Waals surface area (Å²) in [6.07, 6.45) is 0. The summed E-state index contributed by atoms with van der Waals surface area (Å²) in [5.74, 6) is 0. The Morgan fingerprint density at radius 1 is 0.345 bits per heavy atom. The summed E-state index contributed by atoms with van der Waals surface area (Å²) in [6.45, 7) is 6.55. The van der Waals surface area contributed by atoms with Crippen LogP contribution in [0, 0.1) is 40.3 Å². The van der Waals surface area contributed by atoms with Crippen molar-refractivity contribution in [2.75, 3.05) is 0 Å². The third kappa shape index (κ3) is 8.12. The number of hydrogen-bond acceptors (Lipinski definition) is 0. The minimum atomic E-state index is 0. The van der Waals surface area contributed by atoms with Crippen molar-refractivity contribution in [1.29, 1.82) is 0 Å². The maximum Gasteiger partial charge on any atom is 0 e. The van der Waals surface area contributed by atoms with E-state index in [4.69, 9.17) is 0 Å². The molecule has 11 aromatic carbocycles. The van der Waals surface area contributed by atoms with E-state index in [2.05, 4.69) is 197 Å². The molecule has 0 N–H and O–H groups in total. The quantitative estimate of drug-likeness (QED) is 0.0808. The predicted molar refractivity (Wildman–Crippen MR) is 229 cm³/mol. The molecule has 0 nitrogen and oxygen atoms in total. The van der Waals surface area contributed by atoms with Crippen LogP contribution in [0.25, 0.3) is 86.2 Å². The molecule has 0 amide bonds. The van der Waals surface area contributed by atoms with Crippen molar-refractivity contribution in [3.63, 3.8) is 0 Å². The van der Waals surface area contributed by atoms with E-state index in [1.165, 1.54) is 103 Å². The van der Waals surface area contributed by atoms with Gasteiger partial charge in [0.05, 0.1) is 0 Å². The van der Waals surface area contributed by atoms with Gasteiger partial charge in [-0.1, -0.05) is 167 Å². The van der Waals surface area contributed by atoms with E-state index >= 15 is 0 Å². The molecule has 55 heavy (non-hydrogen) atoms. The molecule has 0 aliphatic rings. The third-order valence-corrected chi connectivity index (χ3v) is 10.6. The third-order valence-electron chi connectivity index (χ3n) is 10.6. The summed E-state index contributed by atoms with van der Waals surface area (Å²) in [5, 5.41) is 21.0. The van der Waals surface area contributed by atoms with Crippen LogP contribution in [0.4, 0.5) is 0 Å². The van der Waals surface area contributed by atoms with Crippen LogP contribution in [-0.2, 0) is 98.1 Å².